The predicted molar refractivity (Wildman–Crippen MR) is 133 cm³/mol. The summed E-state index contributed by atoms with van der Waals surface area (Å²) in [4.78, 5) is 28.2. The third-order valence-corrected chi connectivity index (χ3v) is 5.61. The molecule has 6 nitrogen and oxygen atoms in total. The number of methoxy groups -OCH3 is 1. The van der Waals surface area contributed by atoms with Crippen LogP contribution in [-0.4, -0.2) is 43.0 Å². The first-order valence-corrected chi connectivity index (χ1v) is 11.5. The van der Waals surface area contributed by atoms with Crippen LogP contribution < -0.4 is 14.8 Å². The van der Waals surface area contributed by atoms with Crippen LogP contribution in [0, 0.1) is 0 Å². The molecule has 0 aliphatic carbocycles. The minimum Gasteiger partial charge on any atom is -0.497 e. The SMILES string of the molecule is CCNC(=O)[C@H](Cc1ccccc1)N(Cc1cccc(OC)c1)C(=O)COc1ccccc1Cl. The van der Waals surface area contributed by atoms with Gasteiger partial charge in [0.05, 0.1) is 12.1 Å². The highest BCUT2D eigenvalue weighted by Gasteiger charge is 2.30. The lowest BCUT2D eigenvalue weighted by molar-refractivity contribution is -0.142. The van der Waals surface area contributed by atoms with E-state index in [1.807, 2.05) is 61.5 Å². The average molecular weight is 481 g/mol. The molecule has 0 unspecified atom stereocenters. The van der Waals surface area contributed by atoms with E-state index in [2.05, 4.69) is 5.32 Å². The Bertz CT molecular complexity index is 1090. The molecule has 3 aromatic carbocycles. The fourth-order valence-corrected chi connectivity index (χ4v) is 3.79. The van der Waals surface area contributed by atoms with Crippen LogP contribution in [0.15, 0.2) is 78.9 Å². The molecule has 3 rings (SSSR count). The second-order valence-corrected chi connectivity index (χ2v) is 8.10. The fraction of sp³-hybridized carbons (Fsp3) is 0.259. The van der Waals surface area contributed by atoms with Crippen LogP contribution in [0.1, 0.15) is 18.1 Å². The molecule has 0 saturated carbocycles. The summed E-state index contributed by atoms with van der Waals surface area (Å²) in [5.41, 5.74) is 1.79. The van der Waals surface area contributed by atoms with Gasteiger partial charge < -0.3 is 19.7 Å². The second kappa shape index (κ2) is 12.7. The summed E-state index contributed by atoms with van der Waals surface area (Å²) in [6.07, 6.45) is 0.370. The molecule has 0 bridgehead atoms. The number of carbonyl (C=O) groups excluding carboxylic acids is 2. The second-order valence-electron chi connectivity index (χ2n) is 7.69. The van der Waals surface area contributed by atoms with Crippen molar-refractivity contribution in [2.45, 2.75) is 25.9 Å². The number of rotatable bonds is 11. The summed E-state index contributed by atoms with van der Waals surface area (Å²) in [5.74, 6) is 0.543. The third kappa shape index (κ3) is 6.99. The van der Waals surface area contributed by atoms with Crippen molar-refractivity contribution in [2.75, 3.05) is 20.3 Å². The number of halogens is 1. The van der Waals surface area contributed by atoms with E-state index in [1.165, 1.54) is 0 Å². The Labute approximate surface area is 205 Å². The lowest BCUT2D eigenvalue weighted by Gasteiger charge is -2.31. The van der Waals surface area contributed by atoms with Gasteiger partial charge in [0.2, 0.25) is 5.91 Å². The highest BCUT2D eigenvalue weighted by atomic mass is 35.5. The van der Waals surface area contributed by atoms with Gasteiger partial charge in [-0.1, -0.05) is 66.2 Å². The summed E-state index contributed by atoms with van der Waals surface area (Å²) in [5, 5.41) is 3.29. The molecule has 0 saturated heterocycles. The number of para-hydroxylation sites is 1. The summed E-state index contributed by atoms with van der Waals surface area (Å²) in [7, 11) is 1.59. The van der Waals surface area contributed by atoms with E-state index < -0.39 is 6.04 Å². The Kier molecular flexibility index (Phi) is 9.35. The third-order valence-electron chi connectivity index (χ3n) is 5.30. The fourth-order valence-electron chi connectivity index (χ4n) is 3.60. The molecule has 3 aromatic rings. The number of nitrogens with one attached hydrogen (secondary N) is 1. The van der Waals surface area contributed by atoms with E-state index in [0.29, 0.717) is 29.5 Å². The van der Waals surface area contributed by atoms with E-state index in [-0.39, 0.29) is 25.0 Å². The van der Waals surface area contributed by atoms with Gasteiger partial charge >= 0.3 is 0 Å². The molecule has 34 heavy (non-hydrogen) atoms. The van der Waals surface area contributed by atoms with Gasteiger partial charge in [0, 0.05) is 19.5 Å². The summed E-state index contributed by atoms with van der Waals surface area (Å²) >= 11 is 6.18. The molecule has 0 spiro atoms. The Hall–Kier alpha value is -3.51. The van der Waals surface area contributed by atoms with E-state index in [0.717, 1.165) is 11.1 Å². The van der Waals surface area contributed by atoms with Crippen molar-refractivity contribution in [2.24, 2.45) is 0 Å². The largest absolute Gasteiger partial charge is 0.497 e. The van der Waals surface area contributed by atoms with Crippen molar-refractivity contribution in [3.8, 4) is 11.5 Å². The van der Waals surface area contributed by atoms with Gasteiger partial charge in [0.1, 0.15) is 17.5 Å². The molecule has 0 fully saturated rings. The molecule has 0 aromatic heterocycles. The molecular formula is C27H29ClN2O4. The molecule has 0 heterocycles. The Morgan fingerprint density at radius 1 is 0.971 bits per heavy atom. The molecule has 1 N–H and O–H groups in total. The standard InChI is InChI=1S/C27H29ClN2O4/c1-3-29-27(32)24(17-20-10-5-4-6-11-20)30(18-21-12-9-13-22(16-21)33-2)26(31)19-34-25-15-8-7-14-23(25)28/h4-16,24H,3,17-19H2,1-2H3,(H,29,32)/t24-/m0/s1. The van der Waals surface area contributed by atoms with E-state index in [1.54, 1.807) is 36.3 Å². The van der Waals surface area contributed by atoms with Gasteiger partial charge in [-0.05, 0) is 42.3 Å². The quantitative estimate of drug-likeness (QED) is 0.438. The van der Waals surface area contributed by atoms with E-state index in [9.17, 15) is 9.59 Å². The number of carbonyl (C=O) groups is 2. The minimum absolute atomic E-state index is 0.219. The topological polar surface area (TPSA) is 67.9 Å². The van der Waals surface area contributed by atoms with Crippen molar-refractivity contribution >= 4 is 23.4 Å². The lowest BCUT2D eigenvalue weighted by atomic mass is 10.0. The van der Waals surface area contributed by atoms with Crippen molar-refractivity contribution in [3.05, 3.63) is 95.0 Å². The highest BCUT2D eigenvalue weighted by Crippen LogP contribution is 2.24. The monoisotopic (exact) mass is 480 g/mol. The summed E-state index contributed by atoms with van der Waals surface area (Å²) < 4.78 is 11.1. The number of benzene rings is 3. The van der Waals surface area contributed by atoms with Gasteiger partial charge in [-0.25, -0.2) is 0 Å². The molecule has 1 atom stereocenters. The van der Waals surface area contributed by atoms with Gasteiger partial charge in [0.25, 0.3) is 5.91 Å². The maximum Gasteiger partial charge on any atom is 0.261 e. The van der Waals surface area contributed by atoms with Crippen molar-refractivity contribution in [3.63, 3.8) is 0 Å². The van der Waals surface area contributed by atoms with Crippen molar-refractivity contribution in [1.29, 1.82) is 0 Å². The smallest absolute Gasteiger partial charge is 0.261 e. The molecule has 0 aliphatic heterocycles. The zero-order valence-corrected chi connectivity index (χ0v) is 20.1. The van der Waals surface area contributed by atoms with Crippen molar-refractivity contribution < 1.29 is 19.1 Å². The van der Waals surface area contributed by atoms with Crippen LogP contribution in [0.25, 0.3) is 0 Å². The number of hydrogen-bond acceptors (Lipinski definition) is 4. The highest BCUT2D eigenvalue weighted by molar-refractivity contribution is 6.32. The first-order valence-electron chi connectivity index (χ1n) is 11.1. The summed E-state index contributed by atoms with van der Waals surface area (Å²) in [6, 6.07) is 23.3. The zero-order chi connectivity index (χ0) is 24.3. The predicted octanol–water partition coefficient (Wildman–Crippen LogP) is 4.50. The minimum atomic E-state index is -0.726. The number of amides is 2. The number of ether oxygens (including phenoxy) is 2. The average Bonchev–Trinajstić information content (AvgIpc) is 2.86. The first-order chi connectivity index (χ1) is 16.5. The summed E-state index contributed by atoms with van der Waals surface area (Å²) in [6.45, 7) is 2.28. The van der Waals surface area contributed by atoms with Crippen LogP contribution in [0.4, 0.5) is 0 Å². The number of hydrogen-bond donors (Lipinski definition) is 1. The molecule has 178 valence electrons. The van der Waals surface area contributed by atoms with Crippen LogP contribution in [-0.2, 0) is 22.6 Å². The van der Waals surface area contributed by atoms with Crippen LogP contribution in [0.5, 0.6) is 11.5 Å². The van der Waals surface area contributed by atoms with Crippen LogP contribution in [0.2, 0.25) is 5.02 Å². The Morgan fingerprint density at radius 2 is 1.68 bits per heavy atom. The maximum absolute atomic E-state index is 13.5. The number of likely N-dealkylation sites (N-methyl/N-ethyl adjacent to an activating group) is 1. The Morgan fingerprint density at radius 3 is 2.38 bits per heavy atom. The Balaban J connectivity index is 1.91. The van der Waals surface area contributed by atoms with Gasteiger partial charge in [-0.2, -0.15) is 0 Å². The molecule has 0 aliphatic rings. The molecule has 0 radical (unpaired) electrons. The molecule has 7 heteroatoms. The van der Waals surface area contributed by atoms with Gasteiger partial charge in [0.15, 0.2) is 6.61 Å². The molecule has 2 amide bonds. The van der Waals surface area contributed by atoms with E-state index >= 15 is 0 Å². The van der Waals surface area contributed by atoms with E-state index in [4.69, 9.17) is 21.1 Å². The lowest BCUT2D eigenvalue weighted by Crippen LogP contribution is -2.51. The van der Waals surface area contributed by atoms with Crippen LogP contribution >= 0.6 is 11.6 Å². The van der Waals surface area contributed by atoms with Crippen LogP contribution in [0.3, 0.4) is 0 Å². The van der Waals surface area contributed by atoms with Gasteiger partial charge in [-0.3, -0.25) is 9.59 Å². The van der Waals surface area contributed by atoms with Gasteiger partial charge in [-0.15, -0.1) is 0 Å². The normalized spacial score (nSPS) is 11.4. The number of nitrogens with zero attached hydrogens (tertiary/aromatic N) is 1. The maximum atomic E-state index is 13.5. The first kappa shape index (κ1) is 25.1. The van der Waals surface area contributed by atoms with Crippen molar-refractivity contribution in [1.82, 2.24) is 10.2 Å². The zero-order valence-electron chi connectivity index (χ0n) is 19.4. The molecular weight excluding hydrogens is 452 g/mol.